The second-order valence-electron chi connectivity index (χ2n) is 6.54. The van der Waals surface area contributed by atoms with Crippen molar-refractivity contribution in [1.29, 1.82) is 0 Å². The molecule has 0 amide bonds. The monoisotopic (exact) mass is 376 g/mol. The Morgan fingerprint density at radius 2 is 1.68 bits per heavy atom. The van der Waals surface area contributed by atoms with Crippen LogP contribution in [0.5, 0.6) is 0 Å². The van der Waals surface area contributed by atoms with Gasteiger partial charge < -0.3 is 18.7 Å². The molecule has 142 valence electrons. The van der Waals surface area contributed by atoms with Crippen LogP contribution in [0.1, 0.15) is 22.8 Å². The summed E-state index contributed by atoms with van der Waals surface area (Å²) in [5.41, 5.74) is 1.94. The van der Waals surface area contributed by atoms with E-state index >= 15 is 0 Å². The van der Waals surface area contributed by atoms with Gasteiger partial charge in [0, 0.05) is 23.0 Å². The summed E-state index contributed by atoms with van der Waals surface area (Å²) >= 11 is 0. The summed E-state index contributed by atoms with van der Waals surface area (Å²) < 4.78 is 11.0. The molecule has 4 aromatic heterocycles. The first-order valence-corrected chi connectivity index (χ1v) is 8.94. The maximum Gasteiger partial charge on any atom is 0.254 e. The summed E-state index contributed by atoms with van der Waals surface area (Å²) in [5, 5.41) is 0. The summed E-state index contributed by atoms with van der Waals surface area (Å²) in [7, 11) is 0. The van der Waals surface area contributed by atoms with Crippen molar-refractivity contribution in [1.82, 2.24) is 15.0 Å². The Morgan fingerprint density at radius 1 is 1.00 bits per heavy atom. The highest BCUT2D eigenvalue weighted by Crippen LogP contribution is 2.21. The number of nitrogens with one attached hydrogen (secondary N) is 1. The van der Waals surface area contributed by atoms with Gasteiger partial charge in [-0.3, -0.25) is 4.79 Å². The van der Waals surface area contributed by atoms with Gasteiger partial charge in [-0.2, -0.15) is 0 Å². The minimum atomic E-state index is -0.135. The summed E-state index contributed by atoms with van der Waals surface area (Å²) in [6, 6.07) is 11.4. The molecular formula is C21H20N4O3. The number of furan rings is 2. The number of anilines is 1. The van der Waals surface area contributed by atoms with E-state index in [1.807, 2.05) is 43.3 Å². The zero-order valence-corrected chi connectivity index (χ0v) is 15.7. The average Bonchev–Trinajstić information content (AvgIpc) is 3.39. The van der Waals surface area contributed by atoms with E-state index < -0.39 is 0 Å². The molecule has 0 spiro atoms. The normalized spacial score (nSPS) is 10.9. The molecule has 0 saturated heterocycles. The van der Waals surface area contributed by atoms with Crippen molar-refractivity contribution < 1.29 is 8.83 Å². The molecule has 0 saturated carbocycles. The zero-order chi connectivity index (χ0) is 19.5. The van der Waals surface area contributed by atoms with E-state index in [0.717, 1.165) is 22.9 Å². The van der Waals surface area contributed by atoms with Crippen molar-refractivity contribution in [2.24, 2.45) is 0 Å². The van der Waals surface area contributed by atoms with Crippen LogP contribution in [-0.4, -0.2) is 15.0 Å². The van der Waals surface area contributed by atoms with Gasteiger partial charge in [0.1, 0.15) is 23.2 Å². The predicted molar refractivity (Wildman–Crippen MR) is 105 cm³/mol. The molecule has 4 aromatic rings. The topological polar surface area (TPSA) is 88.2 Å². The van der Waals surface area contributed by atoms with Gasteiger partial charge in [0.15, 0.2) is 0 Å². The molecule has 4 heterocycles. The summed E-state index contributed by atoms with van der Waals surface area (Å²) in [5.74, 6) is 2.94. The standard InChI is InChI=1S/C21H20N4O3/c1-14-15(2)23-20(24-21(14)26)16-7-8-19(22-11-16)25(12-17-5-3-9-27-17)13-18-6-4-10-28-18/h3-11H,12-13H2,1-2H3,(H,23,24,26). The van der Waals surface area contributed by atoms with Crippen LogP contribution in [-0.2, 0) is 13.1 Å². The highest BCUT2D eigenvalue weighted by molar-refractivity contribution is 5.56. The van der Waals surface area contributed by atoms with Crippen molar-refractivity contribution in [3.8, 4) is 11.4 Å². The van der Waals surface area contributed by atoms with Gasteiger partial charge >= 0.3 is 0 Å². The van der Waals surface area contributed by atoms with Gasteiger partial charge in [0.05, 0.1) is 25.6 Å². The van der Waals surface area contributed by atoms with E-state index in [-0.39, 0.29) is 5.56 Å². The predicted octanol–water partition coefficient (Wildman–Crippen LogP) is 3.84. The maximum atomic E-state index is 12.0. The number of hydrogen-bond donors (Lipinski definition) is 1. The zero-order valence-electron chi connectivity index (χ0n) is 15.7. The van der Waals surface area contributed by atoms with E-state index in [2.05, 4.69) is 19.9 Å². The minimum Gasteiger partial charge on any atom is -0.467 e. The third kappa shape index (κ3) is 3.73. The largest absolute Gasteiger partial charge is 0.467 e. The number of aryl methyl sites for hydroxylation is 1. The SMILES string of the molecule is Cc1nc(-c2ccc(N(Cc3ccco3)Cc3ccco3)nc2)[nH]c(=O)c1C. The smallest absolute Gasteiger partial charge is 0.254 e. The fraction of sp³-hybridized carbons (Fsp3) is 0.190. The Balaban J connectivity index is 1.63. The van der Waals surface area contributed by atoms with E-state index in [1.165, 1.54) is 0 Å². The molecule has 0 bridgehead atoms. The van der Waals surface area contributed by atoms with Crippen LogP contribution in [0.2, 0.25) is 0 Å². The molecule has 0 atom stereocenters. The molecule has 0 unspecified atom stereocenters. The van der Waals surface area contributed by atoms with Crippen LogP contribution in [0.4, 0.5) is 5.82 Å². The Morgan fingerprint density at radius 3 is 2.18 bits per heavy atom. The van der Waals surface area contributed by atoms with E-state index in [9.17, 15) is 4.79 Å². The van der Waals surface area contributed by atoms with Gasteiger partial charge in [-0.05, 0) is 50.2 Å². The van der Waals surface area contributed by atoms with Crippen molar-refractivity contribution in [3.63, 3.8) is 0 Å². The van der Waals surface area contributed by atoms with Crippen molar-refractivity contribution >= 4 is 5.82 Å². The number of rotatable bonds is 6. The molecule has 28 heavy (non-hydrogen) atoms. The quantitative estimate of drug-likeness (QED) is 0.550. The summed E-state index contributed by atoms with van der Waals surface area (Å²) in [4.78, 5) is 25.9. The van der Waals surface area contributed by atoms with E-state index in [1.54, 1.807) is 25.6 Å². The van der Waals surface area contributed by atoms with Crippen LogP contribution >= 0.6 is 0 Å². The Bertz CT molecular complexity index is 1060. The molecule has 0 radical (unpaired) electrons. The Labute approximate surface area is 161 Å². The first-order valence-electron chi connectivity index (χ1n) is 8.94. The molecule has 0 fully saturated rings. The molecule has 0 aliphatic carbocycles. The van der Waals surface area contributed by atoms with Crippen molar-refractivity contribution in [2.75, 3.05) is 4.90 Å². The second kappa shape index (κ2) is 7.56. The van der Waals surface area contributed by atoms with Crippen LogP contribution < -0.4 is 10.5 Å². The molecule has 0 aliphatic rings. The lowest BCUT2D eigenvalue weighted by Crippen LogP contribution is -2.22. The van der Waals surface area contributed by atoms with Gasteiger partial charge in [0.25, 0.3) is 5.56 Å². The number of pyridine rings is 1. The molecule has 0 aromatic carbocycles. The van der Waals surface area contributed by atoms with Crippen molar-refractivity contribution in [2.45, 2.75) is 26.9 Å². The lowest BCUT2D eigenvalue weighted by atomic mass is 10.2. The fourth-order valence-electron chi connectivity index (χ4n) is 2.89. The molecule has 0 aliphatic heterocycles. The molecule has 7 heteroatoms. The number of aromatic nitrogens is 3. The second-order valence-corrected chi connectivity index (χ2v) is 6.54. The summed E-state index contributed by atoms with van der Waals surface area (Å²) in [6.07, 6.45) is 5.01. The van der Waals surface area contributed by atoms with Crippen LogP contribution in [0.25, 0.3) is 11.4 Å². The van der Waals surface area contributed by atoms with Gasteiger partial charge in [0.2, 0.25) is 0 Å². The van der Waals surface area contributed by atoms with E-state index in [0.29, 0.717) is 30.2 Å². The van der Waals surface area contributed by atoms with Gasteiger partial charge in [-0.25, -0.2) is 9.97 Å². The molecular weight excluding hydrogens is 356 g/mol. The first kappa shape index (κ1) is 17.8. The lowest BCUT2D eigenvalue weighted by molar-refractivity contribution is 0.475. The van der Waals surface area contributed by atoms with Gasteiger partial charge in [-0.15, -0.1) is 0 Å². The highest BCUT2D eigenvalue weighted by Gasteiger charge is 2.14. The fourth-order valence-corrected chi connectivity index (χ4v) is 2.89. The Hall–Kier alpha value is -3.61. The van der Waals surface area contributed by atoms with Crippen molar-refractivity contribution in [3.05, 3.63) is 88.3 Å². The van der Waals surface area contributed by atoms with E-state index in [4.69, 9.17) is 8.83 Å². The van der Waals surface area contributed by atoms with Crippen LogP contribution in [0, 0.1) is 13.8 Å². The minimum absolute atomic E-state index is 0.135. The number of aromatic amines is 1. The molecule has 4 rings (SSSR count). The Kier molecular flexibility index (Phi) is 4.80. The van der Waals surface area contributed by atoms with Gasteiger partial charge in [-0.1, -0.05) is 0 Å². The number of nitrogens with zero attached hydrogens (tertiary/aromatic N) is 3. The molecule has 1 N–H and O–H groups in total. The lowest BCUT2D eigenvalue weighted by Gasteiger charge is -2.21. The van der Waals surface area contributed by atoms with Crippen LogP contribution in [0.3, 0.4) is 0 Å². The third-order valence-corrected chi connectivity index (χ3v) is 4.59. The first-order chi connectivity index (χ1) is 13.6. The number of hydrogen-bond acceptors (Lipinski definition) is 6. The third-order valence-electron chi connectivity index (χ3n) is 4.59. The molecule has 7 nitrogen and oxygen atoms in total. The maximum absolute atomic E-state index is 12.0. The van der Waals surface area contributed by atoms with Crippen LogP contribution in [0.15, 0.2) is 68.8 Å². The summed E-state index contributed by atoms with van der Waals surface area (Å²) in [6.45, 7) is 4.69. The average molecular weight is 376 g/mol. The highest BCUT2D eigenvalue weighted by atomic mass is 16.3. The number of H-pyrrole nitrogens is 1.